The third-order valence-electron chi connectivity index (χ3n) is 2.61. The van der Waals surface area contributed by atoms with E-state index >= 15 is 0 Å². The number of aromatic carboxylic acids is 1. The molecule has 0 aliphatic carbocycles. The first-order valence-corrected chi connectivity index (χ1v) is 8.46. The molecule has 0 fully saturated rings. The Labute approximate surface area is 156 Å². The predicted molar refractivity (Wildman–Crippen MR) is 93.6 cm³/mol. The SMILES string of the molecule is NCC(=O)Nc1c(Br)c(C(=O)O)c(Br)c(C(=O)NCCO)c1Br. The van der Waals surface area contributed by atoms with Gasteiger partial charge in [0, 0.05) is 11.0 Å². The quantitative estimate of drug-likeness (QED) is 0.385. The minimum atomic E-state index is -1.31. The minimum absolute atomic E-state index is 0.0132. The fourth-order valence-electron chi connectivity index (χ4n) is 1.61. The first-order chi connectivity index (χ1) is 10.8. The minimum Gasteiger partial charge on any atom is -0.478 e. The Morgan fingerprint density at radius 3 is 2.09 bits per heavy atom. The summed E-state index contributed by atoms with van der Waals surface area (Å²) in [5.41, 5.74) is 5.02. The number of hydrogen-bond acceptors (Lipinski definition) is 5. The number of carbonyl (C=O) groups excluding carboxylic acids is 2. The van der Waals surface area contributed by atoms with Gasteiger partial charge in [0.1, 0.15) is 0 Å². The van der Waals surface area contributed by atoms with Crippen LogP contribution in [0.5, 0.6) is 0 Å². The normalized spacial score (nSPS) is 10.3. The highest BCUT2D eigenvalue weighted by Gasteiger charge is 2.28. The molecule has 0 saturated carbocycles. The van der Waals surface area contributed by atoms with Crippen molar-refractivity contribution < 1.29 is 24.6 Å². The average molecular weight is 518 g/mol. The number of anilines is 1. The monoisotopic (exact) mass is 515 g/mol. The van der Waals surface area contributed by atoms with Gasteiger partial charge in [0.05, 0.1) is 38.9 Å². The second-order valence-corrected chi connectivity index (χ2v) is 6.48. The zero-order valence-electron chi connectivity index (χ0n) is 11.5. The van der Waals surface area contributed by atoms with Crippen molar-refractivity contribution in [3.8, 4) is 0 Å². The summed E-state index contributed by atoms with van der Waals surface area (Å²) in [7, 11) is 0. The van der Waals surface area contributed by atoms with Crippen molar-refractivity contribution in [2.24, 2.45) is 5.73 Å². The van der Waals surface area contributed by atoms with Crippen LogP contribution in [0.2, 0.25) is 0 Å². The Hall–Kier alpha value is -1.01. The van der Waals surface area contributed by atoms with Crippen molar-refractivity contribution in [1.82, 2.24) is 5.32 Å². The van der Waals surface area contributed by atoms with Gasteiger partial charge < -0.3 is 26.6 Å². The van der Waals surface area contributed by atoms with Crippen molar-refractivity contribution in [1.29, 1.82) is 0 Å². The lowest BCUT2D eigenvalue weighted by atomic mass is 10.1. The average Bonchev–Trinajstić information content (AvgIpc) is 2.48. The molecule has 23 heavy (non-hydrogen) atoms. The van der Waals surface area contributed by atoms with E-state index in [4.69, 9.17) is 10.8 Å². The number of carboxylic acid groups (broad SMARTS) is 1. The zero-order chi connectivity index (χ0) is 17.7. The number of amides is 2. The number of benzene rings is 1. The molecule has 0 heterocycles. The van der Waals surface area contributed by atoms with Gasteiger partial charge in [-0.2, -0.15) is 0 Å². The summed E-state index contributed by atoms with van der Waals surface area (Å²) in [6, 6.07) is 0. The predicted octanol–water partition coefficient (Wildman–Crippen LogP) is 1.29. The molecule has 0 aromatic heterocycles. The van der Waals surface area contributed by atoms with Crippen LogP contribution >= 0.6 is 47.8 Å². The standard InChI is InChI=1S/C12H12Br3N3O5/c13-7-5(11(21)17-1-2-19)8(14)10(18-4(20)3-16)9(15)6(7)12(22)23/h19H,1-3,16H2,(H,17,21)(H,18,20)(H,22,23). The number of nitrogens with two attached hydrogens (primary N) is 1. The molecule has 1 aromatic carbocycles. The van der Waals surface area contributed by atoms with E-state index in [0.717, 1.165) is 0 Å². The highest BCUT2D eigenvalue weighted by Crippen LogP contribution is 2.42. The maximum atomic E-state index is 12.2. The van der Waals surface area contributed by atoms with Gasteiger partial charge in [-0.05, 0) is 47.8 Å². The Morgan fingerprint density at radius 2 is 1.61 bits per heavy atom. The summed E-state index contributed by atoms with van der Waals surface area (Å²) in [6.07, 6.45) is 0. The van der Waals surface area contributed by atoms with Crippen molar-refractivity contribution in [2.75, 3.05) is 25.0 Å². The summed E-state index contributed by atoms with van der Waals surface area (Å²) in [4.78, 5) is 35.2. The number of carbonyl (C=O) groups is 3. The highest BCUT2D eigenvalue weighted by molar-refractivity contribution is 9.11. The van der Waals surface area contributed by atoms with Crippen LogP contribution < -0.4 is 16.4 Å². The molecule has 6 N–H and O–H groups in total. The number of aliphatic hydroxyl groups is 1. The number of halogens is 3. The summed E-state index contributed by atoms with van der Waals surface area (Å²) in [5, 5.41) is 23.0. The van der Waals surface area contributed by atoms with E-state index in [1.54, 1.807) is 0 Å². The summed E-state index contributed by atoms with van der Waals surface area (Å²) in [5.74, 6) is -2.50. The lowest BCUT2D eigenvalue weighted by Gasteiger charge is -2.17. The molecule has 126 valence electrons. The Kier molecular flexibility index (Phi) is 7.61. The molecular formula is C12H12Br3N3O5. The number of hydrogen-bond donors (Lipinski definition) is 5. The van der Waals surface area contributed by atoms with Gasteiger partial charge in [-0.1, -0.05) is 0 Å². The van der Waals surface area contributed by atoms with Crippen LogP contribution in [0.25, 0.3) is 0 Å². The molecule has 0 spiro atoms. The van der Waals surface area contributed by atoms with Crippen LogP contribution in [0.1, 0.15) is 20.7 Å². The molecule has 0 atom stereocenters. The second-order valence-electron chi connectivity index (χ2n) is 4.10. The van der Waals surface area contributed by atoms with Crippen molar-refractivity contribution in [3.63, 3.8) is 0 Å². The Balaban J connectivity index is 3.59. The molecule has 1 aromatic rings. The second kappa shape index (κ2) is 8.73. The first kappa shape index (κ1) is 20.0. The van der Waals surface area contributed by atoms with Gasteiger partial charge in [-0.15, -0.1) is 0 Å². The fourth-order valence-corrected chi connectivity index (χ4v) is 4.49. The number of nitrogens with one attached hydrogen (secondary N) is 2. The summed E-state index contributed by atoms with van der Waals surface area (Å²) >= 11 is 9.39. The van der Waals surface area contributed by atoms with Crippen molar-refractivity contribution in [3.05, 3.63) is 24.5 Å². The van der Waals surface area contributed by atoms with E-state index in [0.29, 0.717) is 0 Å². The Morgan fingerprint density at radius 1 is 1.04 bits per heavy atom. The molecule has 8 nitrogen and oxygen atoms in total. The van der Waals surface area contributed by atoms with Gasteiger partial charge in [0.25, 0.3) is 5.91 Å². The first-order valence-electron chi connectivity index (χ1n) is 6.08. The molecule has 0 bridgehead atoms. The van der Waals surface area contributed by atoms with Crippen molar-refractivity contribution >= 4 is 71.3 Å². The topological polar surface area (TPSA) is 142 Å². The van der Waals surface area contributed by atoms with Gasteiger partial charge in [-0.25, -0.2) is 4.79 Å². The van der Waals surface area contributed by atoms with Crippen LogP contribution in [0.3, 0.4) is 0 Å². The van der Waals surface area contributed by atoms with Gasteiger partial charge in [-0.3, -0.25) is 9.59 Å². The van der Waals surface area contributed by atoms with Gasteiger partial charge >= 0.3 is 5.97 Å². The van der Waals surface area contributed by atoms with E-state index < -0.39 is 17.8 Å². The largest absolute Gasteiger partial charge is 0.478 e. The van der Waals surface area contributed by atoms with E-state index in [2.05, 4.69) is 58.4 Å². The van der Waals surface area contributed by atoms with Gasteiger partial charge in [0.2, 0.25) is 5.91 Å². The fraction of sp³-hybridized carbons (Fsp3) is 0.250. The van der Waals surface area contributed by atoms with Gasteiger partial charge in [0.15, 0.2) is 0 Å². The maximum absolute atomic E-state index is 12.2. The lowest BCUT2D eigenvalue weighted by molar-refractivity contribution is -0.114. The molecule has 2 amide bonds. The van der Waals surface area contributed by atoms with Crippen LogP contribution in [-0.4, -0.2) is 47.7 Å². The molecule has 0 aliphatic rings. The molecule has 0 radical (unpaired) electrons. The third kappa shape index (κ3) is 4.51. The van der Waals surface area contributed by atoms with Crippen LogP contribution in [0, 0.1) is 0 Å². The van der Waals surface area contributed by atoms with Crippen LogP contribution in [-0.2, 0) is 4.79 Å². The van der Waals surface area contributed by atoms with E-state index in [1.165, 1.54) is 0 Å². The molecule has 11 heteroatoms. The molecule has 0 saturated heterocycles. The van der Waals surface area contributed by atoms with Crippen molar-refractivity contribution in [2.45, 2.75) is 0 Å². The molecule has 0 unspecified atom stereocenters. The van der Waals surface area contributed by atoms with E-state index in [1.807, 2.05) is 0 Å². The maximum Gasteiger partial charge on any atom is 0.338 e. The number of aliphatic hydroxyl groups excluding tert-OH is 1. The molecule has 1 rings (SSSR count). The van der Waals surface area contributed by atoms with Crippen LogP contribution in [0.15, 0.2) is 13.4 Å². The van der Waals surface area contributed by atoms with E-state index in [-0.39, 0.29) is 49.9 Å². The molecule has 0 aliphatic heterocycles. The summed E-state index contributed by atoms with van der Waals surface area (Å²) < 4.78 is 0.257. The number of rotatable bonds is 6. The summed E-state index contributed by atoms with van der Waals surface area (Å²) in [6.45, 7) is -0.607. The third-order valence-corrected chi connectivity index (χ3v) is 4.98. The lowest BCUT2D eigenvalue weighted by Crippen LogP contribution is -2.28. The van der Waals surface area contributed by atoms with E-state index in [9.17, 15) is 19.5 Å². The highest BCUT2D eigenvalue weighted by atomic mass is 79.9. The Bertz CT molecular complexity index is 666. The van der Waals surface area contributed by atoms with Crippen LogP contribution in [0.4, 0.5) is 5.69 Å². The smallest absolute Gasteiger partial charge is 0.338 e. The zero-order valence-corrected chi connectivity index (χ0v) is 16.2. The molecular weight excluding hydrogens is 506 g/mol. The number of carboxylic acids is 1.